The number of nitrogens with zero attached hydrogens (tertiary/aromatic N) is 2. The van der Waals surface area contributed by atoms with Crippen molar-refractivity contribution in [3.63, 3.8) is 0 Å². The highest BCUT2D eigenvalue weighted by Gasteiger charge is 2.17. The molecule has 0 aliphatic carbocycles. The molecule has 28 heavy (non-hydrogen) atoms. The molecule has 0 aliphatic heterocycles. The van der Waals surface area contributed by atoms with Crippen LogP contribution in [-0.4, -0.2) is 15.6 Å². The molecule has 3 aromatic rings. The molecule has 1 heterocycles. The SMILES string of the molecule is CC(C)c1ccc(NC(=O)N[C@@H](C)c2nc3cc(Cl)ccc3c(=O)n2C)cc1. The minimum absolute atomic E-state index is 0.185. The molecule has 0 aliphatic rings. The third-order valence-corrected chi connectivity index (χ3v) is 4.88. The molecule has 0 fully saturated rings. The van der Waals surface area contributed by atoms with Crippen LogP contribution in [0.1, 0.15) is 44.1 Å². The molecule has 0 saturated carbocycles. The summed E-state index contributed by atoms with van der Waals surface area (Å²) in [6.07, 6.45) is 0. The molecule has 0 unspecified atom stereocenters. The monoisotopic (exact) mass is 398 g/mol. The highest BCUT2D eigenvalue weighted by atomic mass is 35.5. The van der Waals surface area contributed by atoms with Gasteiger partial charge in [-0.1, -0.05) is 37.6 Å². The molecule has 2 aromatic carbocycles. The topological polar surface area (TPSA) is 76.0 Å². The Balaban J connectivity index is 1.78. The summed E-state index contributed by atoms with van der Waals surface area (Å²) in [5.41, 5.74) is 2.22. The van der Waals surface area contributed by atoms with Gasteiger partial charge in [-0.05, 0) is 48.7 Å². The van der Waals surface area contributed by atoms with E-state index in [2.05, 4.69) is 29.5 Å². The fraction of sp³-hybridized carbons (Fsp3) is 0.286. The van der Waals surface area contributed by atoms with Gasteiger partial charge < -0.3 is 10.6 Å². The van der Waals surface area contributed by atoms with E-state index in [-0.39, 0.29) is 11.6 Å². The van der Waals surface area contributed by atoms with E-state index in [9.17, 15) is 9.59 Å². The lowest BCUT2D eigenvalue weighted by Crippen LogP contribution is -2.35. The highest BCUT2D eigenvalue weighted by Crippen LogP contribution is 2.19. The first kappa shape index (κ1) is 19.9. The van der Waals surface area contributed by atoms with Gasteiger partial charge in [0.05, 0.1) is 16.9 Å². The lowest BCUT2D eigenvalue weighted by atomic mass is 10.0. The molecule has 146 valence electrons. The van der Waals surface area contributed by atoms with Crippen molar-refractivity contribution < 1.29 is 4.79 Å². The fourth-order valence-corrected chi connectivity index (χ4v) is 3.19. The molecule has 0 saturated heterocycles. The maximum atomic E-state index is 12.6. The zero-order valence-electron chi connectivity index (χ0n) is 16.3. The number of fused-ring (bicyclic) bond motifs is 1. The number of urea groups is 1. The summed E-state index contributed by atoms with van der Waals surface area (Å²) in [4.78, 5) is 29.5. The van der Waals surface area contributed by atoms with Gasteiger partial charge in [0.1, 0.15) is 5.82 Å². The first-order valence-corrected chi connectivity index (χ1v) is 9.47. The van der Waals surface area contributed by atoms with Gasteiger partial charge in [-0.2, -0.15) is 0 Å². The number of hydrogen-bond donors (Lipinski definition) is 2. The Hall–Kier alpha value is -2.86. The third-order valence-electron chi connectivity index (χ3n) is 4.64. The van der Waals surface area contributed by atoms with Gasteiger partial charge in [0.2, 0.25) is 0 Å². The Morgan fingerprint density at radius 3 is 2.43 bits per heavy atom. The smallest absolute Gasteiger partial charge is 0.319 e. The number of amides is 2. The van der Waals surface area contributed by atoms with Crippen LogP contribution in [0.25, 0.3) is 10.9 Å². The summed E-state index contributed by atoms with van der Waals surface area (Å²) in [5.74, 6) is 0.877. The van der Waals surface area contributed by atoms with E-state index < -0.39 is 6.04 Å². The normalized spacial score (nSPS) is 12.2. The Labute approximate surface area is 168 Å². The Kier molecular flexibility index (Phi) is 5.70. The van der Waals surface area contributed by atoms with Gasteiger partial charge in [-0.15, -0.1) is 0 Å². The van der Waals surface area contributed by atoms with Crippen LogP contribution in [-0.2, 0) is 7.05 Å². The van der Waals surface area contributed by atoms with Crippen LogP contribution in [0.5, 0.6) is 0 Å². The van der Waals surface area contributed by atoms with Crippen molar-refractivity contribution in [3.05, 3.63) is 69.2 Å². The zero-order valence-corrected chi connectivity index (χ0v) is 17.0. The predicted molar refractivity (Wildman–Crippen MR) is 113 cm³/mol. The molecule has 2 N–H and O–H groups in total. The number of nitrogens with one attached hydrogen (secondary N) is 2. The average molecular weight is 399 g/mol. The van der Waals surface area contributed by atoms with Crippen molar-refractivity contribution in [2.24, 2.45) is 7.05 Å². The molecule has 1 atom stereocenters. The second-order valence-electron chi connectivity index (χ2n) is 7.09. The third kappa shape index (κ3) is 4.17. The van der Waals surface area contributed by atoms with E-state index >= 15 is 0 Å². The predicted octanol–water partition coefficient (Wildman–Crippen LogP) is 4.59. The molecular formula is C21H23ClN4O2. The van der Waals surface area contributed by atoms with Gasteiger partial charge >= 0.3 is 6.03 Å². The number of halogens is 1. The lowest BCUT2D eigenvalue weighted by Gasteiger charge is -2.18. The van der Waals surface area contributed by atoms with Gasteiger partial charge in [-0.25, -0.2) is 9.78 Å². The van der Waals surface area contributed by atoms with Crippen LogP contribution in [0.4, 0.5) is 10.5 Å². The summed E-state index contributed by atoms with van der Waals surface area (Å²) in [5, 5.41) is 6.61. The standard InChI is InChI=1S/C21H23ClN4O2/c1-12(2)14-5-8-16(9-6-14)24-21(28)23-13(3)19-25-18-11-15(22)7-10-17(18)20(27)26(19)4/h5-13H,1-4H3,(H2,23,24,28)/t13-/m0/s1. The van der Waals surface area contributed by atoms with Crippen molar-refractivity contribution in [1.82, 2.24) is 14.9 Å². The highest BCUT2D eigenvalue weighted by molar-refractivity contribution is 6.31. The summed E-state index contributed by atoms with van der Waals surface area (Å²) in [7, 11) is 1.64. The molecule has 3 rings (SSSR count). The molecule has 0 radical (unpaired) electrons. The van der Waals surface area contributed by atoms with E-state index in [4.69, 9.17) is 11.6 Å². The van der Waals surface area contributed by atoms with Crippen LogP contribution < -0.4 is 16.2 Å². The molecule has 1 aromatic heterocycles. The lowest BCUT2D eigenvalue weighted by molar-refractivity contribution is 0.248. The van der Waals surface area contributed by atoms with Crippen LogP contribution >= 0.6 is 11.6 Å². The second-order valence-corrected chi connectivity index (χ2v) is 7.53. The van der Waals surface area contributed by atoms with E-state index in [0.29, 0.717) is 33.4 Å². The first-order valence-electron chi connectivity index (χ1n) is 9.10. The van der Waals surface area contributed by atoms with Crippen LogP contribution in [0.15, 0.2) is 47.3 Å². The number of hydrogen-bond acceptors (Lipinski definition) is 3. The van der Waals surface area contributed by atoms with E-state index in [1.54, 1.807) is 32.2 Å². The quantitative estimate of drug-likeness (QED) is 0.674. The largest absolute Gasteiger partial charge is 0.328 e. The van der Waals surface area contributed by atoms with Crippen molar-refractivity contribution in [1.29, 1.82) is 0 Å². The van der Waals surface area contributed by atoms with Crippen molar-refractivity contribution in [2.75, 3.05) is 5.32 Å². The Morgan fingerprint density at radius 2 is 1.79 bits per heavy atom. The molecule has 6 nitrogen and oxygen atoms in total. The number of carbonyl (C=O) groups is 1. The molecule has 0 bridgehead atoms. The minimum atomic E-state index is -0.476. The Morgan fingerprint density at radius 1 is 1.11 bits per heavy atom. The van der Waals surface area contributed by atoms with Gasteiger partial charge in [0.15, 0.2) is 0 Å². The summed E-state index contributed by atoms with van der Waals surface area (Å²) in [6, 6.07) is 11.8. The van der Waals surface area contributed by atoms with E-state index in [1.807, 2.05) is 24.3 Å². The van der Waals surface area contributed by atoms with Gasteiger partial charge in [-0.3, -0.25) is 9.36 Å². The van der Waals surface area contributed by atoms with Crippen molar-refractivity contribution >= 4 is 34.2 Å². The number of carbonyl (C=O) groups excluding carboxylic acids is 1. The molecule has 7 heteroatoms. The van der Waals surface area contributed by atoms with Gasteiger partial charge in [0.25, 0.3) is 5.56 Å². The molecule has 2 amide bonds. The molecular weight excluding hydrogens is 376 g/mol. The summed E-state index contributed by atoms with van der Waals surface area (Å²) < 4.78 is 1.44. The second kappa shape index (κ2) is 8.02. The van der Waals surface area contributed by atoms with Gasteiger partial charge in [0, 0.05) is 17.8 Å². The number of anilines is 1. The summed E-state index contributed by atoms with van der Waals surface area (Å²) >= 11 is 6.02. The minimum Gasteiger partial charge on any atom is -0.328 e. The van der Waals surface area contributed by atoms with Crippen LogP contribution in [0.2, 0.25) is 5.02 Å². The first-order chi connectivity index (χ1) is 13.3. The number of benzene rings is 2. The fourth-order valence-electron chi connectivity index (χ4n) is 3.03. The zero-order chi connectivity index (χ0) is 20.4. The van der Waals surface area contributed by atoms with E-state index in [1.165, 1.54) is 10.1 Å². The van der Waals surface area contributed by atoms with Crippen molar-refractivity contribution in [3.8, 4) is 0 Å². The average Bonchev–Trinajstić information content (AvgIpc) is 2.64. The number of rotatable bonds is 4. The van der Waals surface area contributed by atoms with Crippen molar-refractivity contribution in [2.45, 2.75) is 32.7 Å². The maximum absolute atomic E-state index is 12.6. The van der Waals surface area contributed by atoms with E-state index in [0.717, 1.165) is 0 Å². The number of aromatic nitrogens is 2. The Bertz CT molecular complexity index is 1070. The van der Waals surface area contributed by atoms with Crippen LogP contribution in [0.3, 0.4) is 0 Å². The molecule has 0 spiro atoms. The maximum Gasteiger partial charge on any atom is 0.319 e. The summed E-state index contributed by atoms with van der Waals surface area (Å²) in [6.45, 7) is 6.01. The van der Waals surface area contributed by atoms with Crippen LogP contribution in [0, 0.1) is 0 Å².